The van der Waals surface area contributed by atoms with E-state index in [2.05, 4.69) is 5.32 Å². The van der Waals surface area contributed by atoms with Gasteiger partial charge in [0.15, 0.2) is 0 Å². The maximum atomic E-state index is 13.0. The lowest BCUT2D eigenvalue weighted by Crippen LogP contribution is -2.33. The number of nitro groups is 1. The summed E-state index contributed by atoms with van der Waals surface area (Å²) < 4.78 is 13.0. The number of carbonyl (C=O) groups excluding carboxylic acids is 1. The molecule has 0 heterocycles. The van der Waals surface area contributed by atoms with E-state index in [9.17, 15) is 19.3 Å². The summed E-state index contributed by atoms with van der Waals surface area (Å²) >= 11 is 0. The highest BCUT2D eigenvalue weighted by molar-refractivity contribution is 5.78. The highest BCUT2D eigenvalue weighted by atomic mass is 19.1. The van der Waals surface area contributed by atoms with E-state index in [0.29, 0.717) is 6.54 Å². The zero-order valence-electron chi connectivity index (χ0n) is 13.0. The molecule has 0 aliphatic heterocycles. The zero-order chi connectivity index (χ0) is 17.2. The standard InChI is InChI=1S/C18H17FN2O3/c19-15-5-3-14(4-6-15)18(9-10-18)12-20-17(22)11-13-1-7-16(8-2-13)21(23)24/h1-8H,9-12H2,(H,20,22). The Morgan fingerprint density at radius 1 is 1.12 bits per heavy atom. The number of non-ortho nitro benzene ring substituents is 1. The van der Waals surface area contributed by atoms with Crippen molar-refractivity contribution in [2.24, 2.45) is 0 Å². The molecule has 1 N–H and O–H groups in total. The van der Waals surface area contributed by atoms with Crippen LogP contribution in [-0.4, -0.2) is 17.4 Å². The largest absolute Gasteiger partial charge is 0.355 e. The Bertz CT molecular complexity index is 753. The summed E-state index contributed by atoms with van der Waals surface area (Å²) in [6.07, 6.45) is 2.12. The zero-order valence-corrected chi connectivity index (χ0v) is 13.0. The number of hydrogen-bond donors (Lipinski definition) is 1. The number of halogens is 1. The molecule has 0 spiro atoms. The first-order chi connectivity index (χ1) is 11.5. The van der Waals surface area contributed by atoms with Gasteiger partial charge in [0.1, 0.15) is 5.82 Å². The predicted molar refractivity (Wildman–Crippen MR) is 87.1 cm³/mol. The van der Waals surface area contributed by atoms with E-state index in [0.717, 1.165) is 24.0 Å². The molecule has 0 saturated heterocycles. The van der Waals surface area contributed by atoms with E-state index in [4.69, 9.17) is 0 Å². The number of hydrogen-bond acceptors (Lipinski definition) is 3. The van der Waals surface area contributed by atoms with Crippen LogP contribution in [0.25, 0.3) is 0 Å². The molecule has 6 heteroatoms. The van der Waals surface area contributed by atoms with Gasteiger partial charge in [0.25, 0.3) is 5.69 Å². The third-order valence-corrected chi connectivity index (χ3v) is 4.45. The normalized spacial score (nSPS) is 14.9. The topological polar surface area (TPSA) is 72.2 Å². The van der Waals surface area contributed by atoms with Gasteiger partial charge in [-0.3, -0.25) is 14.9 Å². The molecule has 1 fully saturated rings. The molecule has 0 bridgehead atoms. The molecule has 124 valence electrons. The maximum absolute atomic E-state index is 13.0. The summed E-state index contributed by atoms with van der Waals surface area (Å²) in [5.41, 5.74) is 1.69. The van der Waals surface area contributed by atoms with Crippen molar-refractivity contribution in [1.29, 1.82) is 0 Å². The molecule has 0 aromatic heterocycles. The van der Waals surface area contributed by atoms with Crippen LogP contribution in [0.15, 0.2) is 48.5 Å². The third kappa shape index (κ3) is 3.59. The van der Waals surface area contributed by atoms with Crippen LogP contribution in [-0.2, 0) is 16.6 Å². The summed E-state index contributed by atoms with van der Waals surface area (Å²) in [6, 6.07) is 12.4. The Hall–Kier alpha value is -2.76. The second-order valence-electron chi connectivity index (χ2n) is 6.16. The van der Waals surface area contributed by atoms with Crippen molar-refractivity contribution in [3.8, 4) is 0 Å². The van der Waals surface area contributed by atoms with Crippen molar-refractivity contribution in [1.82, 2.24) is 5.32 Å². The lowest BCUT2D eigenvalue weighted by molar-refractivity contribution is -0.384. The summed E-state index contributed by atoms with van der Waals surface area (Å²) in [5.74, 6) is -0.394. The van der Waals surface area contributed by atoms with Crippen LogP contribution in [0.2, 0.25) is 0 Å². The number of benzene rings is 2. The molecule has 0 atom stereocenters. The smallest absolute Gasteiger partial charge is 0.269 e. The van der Waals surface area contributed by atoms with Gasteiger partial charge in [0.05, 0.1) is 11.3 Å². The molecule has 2 aromatic rings. The van der Waals surface area contributed by atoms with Crippen molar-refractivity contribution in [2.45, 2.75) is 24.7 Å². The molecule has 24 heavy (non-hydrogen) atoms. The Morgan fingerprint density at radius 3 is 2.29 bits per heavy atom. The highest BCUT2D eigenvalue weighted by Gasteiger charge is 2.44. The average Bonchev–Trinajstić information content (AvgIpc) is 3.35. The fourth-order valence-electron chi connectivity index (χ4n) is 2.77. The van der Waals surface area contributed by atoms with Gasteiger partial charge in [-0.1, -0.05) is 24.3 Å². The molecule has 1 aliphatic rings. The van der Waals surface area contributed by atoms with E-state index in [1.807, 2.05) is 0 Å². The monoisotopic (exact) mass is 328 g/mol. The first-order valence-electron chi connectivity index (χ1n) is 7.75. The van der Waals surface area contributed by atoms with Crippen LogP contribution in [0, 0.1) is 15.9 Å². The fraction of sp³-hybridized carbons (Fsp3) is 0.278. The summed E-state index contributed by atoms with van der Waals surface area (Å²) in [6.45, 7) is 0.518. The average molecular weight is 328 g/mol. The van der Waals surface area contributed by atoms with Crippen LogP contribution >= 0.6 is 0 Å². The molecule has 0 unspecified atom stereocenters. The molecule has 1 amide bonds. The molecule has 5 nitrogen and oxygen atoms in total. The van der Waals surface area contributed by atoms with E-state index in [1.54, 1.807) is 24.3 Å². The molecule has 0 radical (unpaired) electrons. The summed E-state index contributed by atoms with van der Waals surface area (Å²) in [5, 5.41) is 13.5. The minimum absolute atomic E-state index is 0.00685. The lowest BCUT2D eigenvalue weighted by Gasteiger charge is -2.16. The van der Waals surface area contributed by atoms with Gasteiger partial charge in [0, 0.05) is 24.1 Å². The van der Waals surface area contributed by atoms with E-state index >= 15 is 0 Å². The Kier molecular flexibility index (Phi) is 4.29. The van der Waals surface area contributed by atoms with Gasteiger partial charge in [-0.25, -0.2) is 4.39 Å². The van der Waals surface area contributed by atoms with Crippen molar-refractivity contribution >= 4 is 11.6 Å². The molecule has 1 aliphatic carbocycles. The second kappa shape index (κ2) is 6.39. The minimum Gasteiger partial charge on any atom is -0.355 e. The van der Waals surface area contributed by atoms with Gasteiger partial charge in [0.2, 0.25) is 5.91 Å². The van der Waals surface area contributed by atoms with Crippen molar-refractivity contribution in [3.63, 3.8) is 0 Å². The van der Waals surface area contributed by atoms with Crippen molar-refractivity contribution in [2.75, 3.05) is 6.54 Å². The minimum atomic E-state index is -0.469. The van der Waals surface area contributed by atoms with Crippen molar-refractivity contribution < 1.29 is 14.1 Å². The van der Waals surface area contributed by atoms with E-state index in [-0.39, 0.29) is 29.2 Å². The molecular weight excluding hydrogens is 311 g/mol. The van der Waals surface area contributed by atoms with Gasteiger partial charge < -0.3 is 5.32 Å². The van der Waals surface area contributed by atoms with Crippen LogP contribution < -0.4 is 5.32 Å². The number of amides is 1. The van der Waals surface area contributed by atoms with Crippen LogP contribution in [0.4, 0.5) is 10.1 Å². The van der Waals surface area contributed by atoms with Gasteiger partial charge in [-0.05, 0) is 36.1 Å². The van der Waals surface area contributed by atoms with Crippen LogP contribution in [0.1, 0.15) is 24.0 Å². The quantitative estimate of drug-likeness (QED) is 0.654. The predicted octanol–water partition coefficient (Wildman–Crippen LogP) is 3.12. The first-order valence-corrected chi connectivity index (χ1v) is 7.75. The Morgan fingerprint density at radius 2 is 1.75 bits per heavy atom. The molecule has 3 rings (SSSR count). The van der Waals surface area contributed by atoms with Gasteiger partial charge in [-0.2, -0.15) is 0 Å². The maximum Gasteiger partial charge on any atom is 0.269 e. The van der Waals surface area contributed by atoms with Crippen LogP contribution in [0.3, 0.4) is 0 Å². The third-order valence-electron chi connectivity index (χ3n) is 4.45. The van der Waals surface area contributed by atoms with Crippen molar-refractivity contribution in [3.05, 3.63) is 75.6 Å². The van der Waals surface area contributed by atoms with E-state index in [1.165, 1.54) is 24.3 Å². The number of nitro benzene ring substituents is 1. The number of nitrogens with zero attached hydrogens (tertiary/aromatic N) is 1. The SMILES string of the molecule is O=C(Cc1ccc([N+](=O)[O-])cc1)NCC1(c2ccc(F)cc2)CC1. The summed E-state index contributed by atoms with van der Waals surface area (Å²) in [7, 11) is 0. The number of rotatable bonds is 6. The number of carbonyl (C=O) groups is 1. The fourth-order valence-corrected chi connectivity index (χ4v) is 2.77. The molecular formula is C18H17FN2O3. The second-order valence-corrected chi connectivity index (χ2v) is 6.16. The summed E-state index contributed by atoms with van der Waals surface area (Å²) in [4.78, 5) is 22.2. The molecule has 2 aromatic carbocycles. The van der Waals surface area contributed by atoms with Gasteiger partial charge in [-0.15, -0.1) is 0 Å². The Balaban J connectivity index is 1.55. The van der Waals surface area contributed by atoms with Crippen LogP contribution in [0.5, 0.6) is 0 Å². The molecule has 1 saturated carbocycles. The first kappa shape index (κ1) is 16.1. The van der Waals surface area contributed by atoms with Gasteiger partial charge >= 0.3 is 0 Å². The lowest BCUT2D eigenvalue weighted by atomic mass is 9.96. The number of nitrogens with one attached hydrogen (secondary N) is 1. The highest BCUT2D eigenvalue weighted by Crippen LogP contribution is 2.47. The van der Waals surface area contributed by atoms with E-state index < -0.39 is 4.92 Å². The Labute approximate surface area is 138 Å².